The first-order valence-electron chi connectivity index (χ1n) is 3.60. The normalized spacial score (nSPS) is 17.0. The Balaban J connectivity index is 2.64. The Hall–Kier alpha value is -2.22. The minimum Gasteiger partial charge on any atom is -0.477 e. The molecule has 0 bridgehead atoms. The maximum absolute atomic E-state index is 10.3. The van der Waals surface area contributed by atoms with Gasteiger partial charge in [0, 0.05) is 0 Å². The van der Waals surface area contributed by atoms with Gasteiger partial charge in [0.25, 0.3) is 0 Å². The number of carboxylic acid groups (broad SMARTS) is 1. The smallest absolute Gasteiger partial charge is 0.351 e. The Morgan fingerprint density at radius 1 is 1.50 bits per heavy atom. The summed E-state index contributed by atoms with van der Waals surface area (Å²) in [5.41, 5.74) is 15.3. The van der Waals surface area contributed by atoms with Gasteiger partial charge in [0.15, 0.2) is 0 Å². The van der Waals surface area contributed by atoms with Crippen molar-refractivity contribution in [3.63, 3.8) is 0 Å². The summed E-state index contributed by atoms with van der Waals surface area (Å²) < 4.78 is 0. The molecule has 0 fully saturated rings. The first kappa shape index (κ1) is 9.86. The van der Waals surface area contributed by atoms with E-state index in [4.69, 9.17) is 16.6 Å². The Labute approximate surface area is 79.5 Å². The fraction of sp³-hybridized carbons (Fsp3) is 0. The molecule has 7 N–H and O–H groups in total. The summed E-state index contributed by atoms with van der Waals surface area (Å²) in [6.45, 7) is 0. The SMILES string of the molecule is N/C(=C\C=C(/N)N1C=NNN1)C(=O)O. The Morgan fingerprint density at radius 3 is 2.71 bits per heavy atom. The van der Waals surface area contributed by atoms with Crippen LogP contribution in [0.3, 0.4) is 0 Å². The van der Waals surface area contributed by atoms with Gasteiger partial charge in [-0.3, -0.25) is 0 Å². The molecule has 0 atom stereocenters. The van der Waals surface area contributed by atoms with Crippen molar-refractivity contribution in [1.82, 2.24) is 16.1 Å². The molecule has 1 rings (SSSR count). The minimum atomic E-state index is -1.20. The monoisotopic (exact) mass is 198 g/mol. The maximum atomic E-state index is 10.3. The third-order valence-corrected chi connectivity index (χ3v) is 1.37. The second kappa shape index (κ2) is 4.14. The van der Waals surface area contributed by atoms with Gasteiger partial charge in [0.1, 0.15) is 17.9 Å². The molecule has 0 unspecified atom stereocenters. The minimum absolute atomic E-state index is 0.253. The lowest BCUT2D eigenvalue weighted by Gasteiger charge is -2.12. The van der Waals surface area contributed by atoms with Crippen molar-refractivity contribution in [1.29, 1.82) is 0 Å². The highest BCUT2D eigenvalue weighted by molar-refractivity contribution is 5.85. The second-order valence-corrected chi connectivity index (χ2v) is 2.36. The zero-order valence-electron chi connectivity index (χ0n) is 7.14. The highest BCUT2D eigenvalue weighted by atomic mass is 16.4. The molecule has 0 aliphatic carbocycles. The molecular formula is C6H10N6O2. The average Bonchev–Trinajstić information content (AvgIpc) is 2.66. The summed E-state index contributed by atoms with van der Waals surface area (Å²) in [6, 6.07) is 0. The molecule has 1 aliphatic rings. The zero-order chi connectivity index (χ0) is 10.6. The number of hydrogen-bond donors (Lipinski definition) is 5. The molecule has 8 nitrogen and oxygen atoms in total. The molecule has 0 saturated heterocycles. The molecule has 0 spiro atoms. The Morgan fingerprint density at radius 2 is 2.21 bits per heavy atom. The molecule has 0 radical (unpaired) electrons. The van der Waals surface area contributed by atoms with Gasteiger partial charge in [0.05, 0.1) is 0 Å². The zero-order valence-corrected chi connectivity index (χ0v) is 7.14. The van der Waals surface area contributed by atoms with Crippen LogP contribution in [0.2, 0.25) is 0 Å². The molecule has 1 aliphatic heterocycles. The van der Waals surface area contributed by atoms with Gasteiger partial charge in [-0.15, -0.1) is 5.53 Å². The molecular weight excluding hydrogens is 188 g/mol. The number of hydrogen-bond acceptors (Lipinski definition) is 7. The number of carboxylic acids is 1. The van der Waals surface area contributed by atoms with Crippen molar-refractivity contribution >= 4 is 12.3 Å². The first-order chi connectivity index (χ1) is 6.61. The van der Waals surface area contributed by atoms with Crippen molar-refractivity contribution < 1.29 is 9.90 Å². The average molecular weight is 198 g/mol. The largest absolute Gasteiger partial charge is 0.477 e. The molecule has 0 aromatic rings. The number of hydrazone groups is 1. The summed E-state index contributed by atoms with van der Waals surface area (Å²) in [4.78, 5) is 10.3. The van der Waals surface area contributed by atoms with E-state index in [1.807, 2.05) is 0 Å². The summed E-state index contributed by atoms with van der Waals surface area (Å²) in [5, 5.41) is 13.4. The Kier molecular flexibility index (Phi) is 2.92. The van der Waals surface area contributed by atoms with E-state index in [0.29, 0.717) is 0 Å². The second-order valence-electron chi connectivity index (χ2n) is 2.36. The van der Waals surface area contributed by atoms with Crippen molar-refractivity contribution in [2.75, 3.05) is 0 Å². The summed E-state index contributed by atoms with van der Waals surface area (Å²) >= 11 is 0. The van der Waals surface area contributed by atoms with Crippen LogP contribution in [0.1, 0.15) is 0 Å². The number of nitrogens with zero attached hydrogens (tertiary/aromatic N) is 2. The van der Waals surface area contributed by atoms with Crippen LogP contribution in [0.5, 0.6) is 0 Å². The number of nitrogens with one attached hydrogen (secondary N) is 2. The Bertz CT molecular complexity index is 320. The quantitative estimate of drug-likeness (QED) is 0.261. The third-order valence-electron chi connectivity index (χ3n) is 1.37. The molecule has 8 heteroatoms. The van der Waals surface area contributed by atoms with E-state index in [-0.39, 0.29) is 11.5 Å². The van der Waals surface area contributed by atoms with Gasteiger partial charge in [-0.1, -0.05) is 0 Å². The predicted molar refractivity (Wildman–Crippen MR) is 48.8 cm³/mol. The molecule has 0 saturated carbocycles. The summed E-state index contributed by atoms with van der Waals surface area (Å²) in [5.74, 6) is -0.946. The molecule has 0 aromatic carbocycles. The lowest BCUT2D eigenvalue weighted by atomic mass is 10.4. The highest BCUT2D eigenvalue weighted by Crippen LogP contribution is 1.94. The number of aliphatic carboxylic acids is 1. The topological polar surface area (TPSA) is 129 Å². The fourth-order valence-electron chi connectivity index (χ4n) is 0.656. The van der Waals surface area contributed by atoms with E-state index in [1.54, 1.807) is 0 Å². The third kappa shape index (κ3) is 2.38. The fourth-order valence-corrected chi connectivity index (χ4v) is 0.656. The van der Waals surface area contributed by atoms with E-state index in [1.165, 1.54) is 23.5 Å². The van der Waals surface area contributed by atoms with Crippen LogP contribution in [-0.4, -0.2) is 22.4 Å². The number of carbonyl (C=O) groups is 1. The molecule has 76 valence electrons. The van der Waals surface area contributed by atoms with Crippen LogP contribution in [0.15, 0.2) is 28.8 Å². The van der Waals surface area contributed by atoms with E-state index in [2.05, 4.69) is 16.2 Å². The number of nitrogens with two attached hydrogens (primary N) is 2. The molecule has 14 heavy (non-hydrogen) atoms. The van der Waals surface area contributed by atoms with Crippen LogP contribution in [-0.2, 0) is 4.79 Å². The van der Waals surface area contributed by atoms with E-state index in [9.17, 15) is 4.79 Å². The predicted octanol–water partition coefficient (Wildman–Crippen LogP) is -2.02. The van der Waals surface area contributed by atoms with Crippen LogP contribution >= 0.6 is 0 Å². The maximum Gasteiger partial charge on any atom is 0.351 e. The van der Waals surface area contributed by atoms with Gasteiger partial charge in [-0.05, 0) is 12.2 Å². The van der Waals surface area contributed by atoms with Crippen molar-refractivity contribution in [3.8, 4) is 0 Å². The summed E-state index contributed by atoms with van der Waals surface area (Å²) in [6.07, 6.45) is 3.91. The van der Waals surface area contributed by atoms with E-state index in [0.717, 1.165) is 0 Å². The lowest BCUT2D eigenvalue weighted by Crippen LogP contribution is -2.39. The number of rotatable bonds is 3. The highest BCUT2D eigenvalue weighted by Gasteiger charge is 2.06. The van der Waals surface area contributed by atoms with Gasteiger partial charge < -0.3 is 16.6 Å². The molecule has 1 heterocycles. The van der Waals surface area contributed by atoms with Gasteiger partial charge in [-0.2, -0.15) is 5.10 Å². The van der Waals surface area contributed by atoms with Gasteiger partial charge >= 0.3 is 5.97 Å². The first-order valence-corrected chi connectivity index (χ1v) is 3.60. The number of allylic oxidation sites excluding steroid dienone is 2. The van der Waals surface area contributed by atoms with Crippen molar-refractivity contribution in [2.45, 2.75) is 0 Å². The lowest BCUT2D eigenvalue weighted by molar-refractivity contribution is -0.132. The van der Waals surface area contributed by atoms with Gasteiger partial charge in [-0.25, -0.2) is 15.3 Å². The van der Waals surface area contributed by atoms with Crippen LogP contribution in [0.25, 0.3) is 0 Å². The number of hydrazine groups is 2. The van der Waals surface area contributed by atoms with Gasteiger partial charge in [0.2, 0.25) is 0 Å². The van der Waals surface area contributed by atoms with E-state index >= 15 is 0 Å². The van der Waals surface area contributed by atoms with Crippen LogP contribution in [0, 0.1) is 0 Å². The van der Waals surface area contributed by atoms with E-state index < -0.39 is 5.97 Å². The molecule has 0 amide bonds. The van der Waals surface area contributed by atoms with Crippen LogP contribution < -0.4 is 22.5 Å². The summed E-state index contributed by atoms with van der Waals surface area (Å²) in [7, 11) is 0. The van der Waals surface area contributed by atoms with Crippen LogP contribution in [0.4, 0.5) is 0 Å². The molecule has 0 aromatic heterocycles. The standard InChI is InChI=1S/C6H10N6O2/c7-4(6(13)14)1-2-5(8)12-3-9-10-11-12/h1-3,10-11H,7-8H2,(H,13,14)/b4-1-,5-2+. The van der Waals surface area contributed by atoms with Crippen molar-refractivity contribution in [2.24, 2.45) is 16.6 Å². The van der Waals surface area contributed by atoms with Crippen molar-refractivity contribution in [3.05, 3.63) is 23.7 Å².